The molecule has 0 bridgehead atoms. The summed E-state index contributed by atoms with van der Waals surface area (Å²) in [7, 11) is 1.81. The number of aryl methyl sites for hydroxylation is 1. The van der Waals surface area contributed by atoms with E-state index in [9.17, 15) is 4.79 Å². The second-order valence-electron chi connectivity index (χ2n) is 5.48. The fourth-order valence-corrected chi connectivity index (χ4v) is 1.76. The quantitative estimate of drug-likeness (QED) is 0.509. The van der Waals surface area contributed by atoms with Gasteiger partial charge < -0.3 is 10.1 Å². The highest BCUT2D eigenvalue weighted by molar-refractivity contribution is 5.98. The molecule has 0 unspecified atom stereocenters. The van der Waals surface area contributed by atoms with Gasteiger partial charge in [-0.1, -0.05) is 12.7 Å². The molecule has 0 atom stereocenters. The van der Waals surface area contributed by atoms with Crippen molar-refractivity contribution in [2.24, 2.45) is 0 Å². The molecule has 1 aromatic rings. The summed E-state index contributed by atoms with van der Waals surface area (Å²) >= 11 is 0. The fraction of sp³-hybridized carbons (Fsp3) is 0.467. The third-order valence-corrected chi connectivity index (χ3v) is 2.57. The maximum Gasteiger partial charge on any atom is 0.340 e. The van der Waals surface area contributed by atoms with Crippen LogP contribution in [0.1, 0.15) is 26.5 Å². The van der Waals surface area contributed by atoms with Gasteiger partial charge in [-0.05, 0) is 40.8 Å². The van der Waals surface area contributed by atoms with E-state index in [0.717, 1.165) is 11.4 Å². The molecule has 0 radical (unpaired) electrons. The molecule has 1 heterocycles. The summed E-state index contributed by atoms with van der Waals surface area (Å²) in [5.74, 6) is -0.396. The van der Waals surface area contributed by atoms with E-state index in [-0.39, 0.29) is 0 Å². The lowest BCUT2D eigenvalue weighted by atomic mass is 10.1. The van der Waals surface area contributed by atoms with Gasteiger partial charge in [-0.2, -0.15) is 5.10 Å². The average molecular weight is 277 g/mol. The van der Waals surface area contributed by atoms with Crippen molar-refractivity contribution in [3.05, 3.63) is 36.2 Å². The van der Waals surface area contributed by atoms with E-state index in [1.807, 2.05) is 40.8 Å². The van der Waals surface area contributed by atoms with Crippen molar-refractivity contribution >= 4 is 11.7 Å². The topological polar surface area (TPSA) is 56.1 Å². The summed E-state index contributed by atoms with van der Waals surface area (Å²) in [6.07, 6.45) is 3.21. The summed E-state index contributed by atoms with van der Waals surface area (Å²) in [5, 5.41) is 7.29. The van der Waals surface area contributed by atoms with Crippen molar-refractivity contribution in [1.29, 1.82) is 0 Å². The molecule has 110 valence electrons. The highest BCUT2D eigenvalue weighted by atomic mass is 16.6. The number of carbonyl (C=O) groups is 1. The summed E-state index contributed by atoms with van der Waals surface area (Å²) in [5.41, 5.74) is 1.54. The highest BCUT2D eigenvalue weighted by Gasteiger charge is 2.22. The normalized spacial score (nSPS) is 12.8. The van der Waals surface area contributed by atoms with Crippen LogP contribution < -0.4 is 5.32 Å². The number of rotatable bonds is 5. The number of nitrogens with zero attached hydrogens (tertiary/aromatic N) is 2. The van der Waals surface area contributed by atoms with Crippen molar-refractivity contribution < 1.29 is 9.53 Å². The number of aromatic nitrogens is 2. The minimum Gasteiger partial charge on any atom is -0.456 e. The number of nitrogens with one attached hydrogen (secondary N) is 1. The first-order valence-electron chi connectivity index (χ1n) is 6.54. The van der Waals surface area contributed by atoms with Crippen LogP contribution in [-0.4, -0.2) is 34.9 Å². The van der Waals surface area contributed by atoms with Crippen molar-refractivity contribution in [2.45, 2.75) is 33.3 Å². The van der Waals surface area contributed by atoms with Crippen molar-refractivity contribution in [3.8, 4) is 0 Å². The van der Waals surface area contributed by atoms with Crippen LogP contribution in [0, 0.1) is 6.92 Å². The Balaban J connectivity index is 3.27. The summed E-state index contributed by atoms with van der Waals surface area (Å²) in [4.78, 5) is 12.3. The minimum atomic E-state index is -0.546. The predicted octanol–water partition coefficient (Wildman–Crippen LogP) is 2.15. The Morgan fingerprint density at radius 3 is 2.60 bits per heavy atom. The number of carbonyl (C=O) groups excluding carboxylic acids is 1. The molecule has 0 fully saturated rings. The van der Waals surface area contributed by atoms with Gasteiger partial charge in [0.2, 0.25) is 0 Å². The van der Waals surface area contributed by atoms with Gasteiger partial charge in [0.05, 0.1) is 11.3 Å². The second-order valence-corrected chi connectivity index (χ2v) is 5.48. The standard InChI is InChI=1S/C15H23N3O2/c1-7-12(14(19)20-15(3,4)5)13(10-16-6)18-11(2)8-9-17-18/h7-9,16H,1,10H2,2-6H3/b13-12+. The number of ether oxygens (including phenoxy) is 1. The zero-order chi connectivity index (χ0) is 15.3. The molecule has 1 rings (SSSR count). The van der Waals surface area contributed by atoms with Gasteiger partial charge in [0.25, 0.3) is 0 Å². The molecule has 0 aliphatic carbocycles. The largest absolute Gasteiger partial charge is 0.456 e. The van der Waals surface area contributed by atoms with Gasteiger partial charge in [0, 0.05) is 18.4 Å². The number of hydrogen-bond donors (Lipinski definition) is 1. The lowest BCUT2D eigenvalue weighted by molar-refractivity contribution is -0.149. The molecule has 0 saturated carbocycles. The first-order chi connectivity index (χ1) is 9.30. The fourth-order valence-electron chi connectivity index (χ4n) is 1.76. The Labute approximate surface area is 120 Å². The van der Waals surface area contributed by atoms with Crippen LogP contribution in [0.15, 0.2) is 30.5 Å². The molecule has 5 nitrogen and oxygen atoms in total. The Kier molecular flexibility index (Phi) is 5.27. The van der Waals surface area contributed by atoms with Crippen molar-refractivity contribution in [3.63, 3.8) is 0 Å². The Bertz CT molecular complexity index is 521. The van der Waals surface area contributed by atoms with E-state index < -0.39 is 11.6 Å². The highest BCUT2D eigenvalue weighted by Crippen LogP contribution is 2.18. The van der Waals surface area contributed by atoms with Gasteiger partial charge in [-0.25, -0.2) is 9.48 Å². The van der Waals surface area contributed by atoms with Crippen LogP contribution >= 0.6 is 0 Å². The monoisotopic (exact) mass is 277 g/mol. The van der Waals surface area contributed by atoms with Crippen LogP contribution in [0.4, 0.5) is 0 Å². The Morgan fingerprint density at radius 2 is 2.20 bits per heavy atom. The number of hydrogen-bond acceptors (Lipinski definition) is 4. The average Bonchev–Trinajstić information content (AvgIpc) is 2.72. The van der Waals surface area contributed by atoms with E-state index in [0.29, 0.717) is 12.1 Å². The van der Waals surface area contributed by atoms with Gasteiger partial charge in [-0.15, -0.1) is 0 Å². The summed E-state index contributed by atoms with van der Waals surface area (Å²) in [6.45, 7) is 11.7. The molecular weight excluding hydrogens is 254 g/mol. The first kappa shape index (κ1) is 16.2. The van der Waals surface area contributed by atoms with Gasteiger partial charge in [0.1, 0.15) is 5.60 Å². The second kappa shape index (κ2) is 6.52. The molecule has 0 saturated heterocycles. The molecule has 1 aromatic heterocycles. The van der Waals surface area contributed by atoms with Crippen molar-refractivity contribution in [1.82, 2.24) is 15.1 Å². The van der Waals surface area contributed by atoms with Crippen LogP contribution in [0.5, 0.6) is 0 Å². The molecular formula is C15H23N3O2. The SMILES string of the molecule is C=C/C(C(=O)OC(C)(C)C)=C(/CNC)n1nccc1C. The smallest absolute Gasteiger partial charge is 0.340 e. The third kappa shape index (κ3) is 4.06. The van der Waals surface area contributed by atoms with E-state index in [1.165, 1.54) is 6.08 Å². The van der Waals surface area contributed by atoms with Crippen molar-refractivity contribution in [2.75, 3.05) is 13.6 Å². The molecule has 0 aliphatic rings. The summed E-state index contributed by atoms with van der Waals surface area (Å²) < 4.78 is 7.14. The number of esters is 1. The summed E-state index contributed by atoms with van der Waals surface area (Å²) in [6, 6.07) is 1.88. The van der Waals surface area contributed by atoms with Gasteiger partial charge in [-0.3, -0.25) is 0 Å². The zero-order valence-electron chi connectivity index (χ0n) is 12.9. The van der Waals surface area contributed by atoms with Crippen LogP contribution in [0.3, 0.4) is 0 Å². The minimum absolute atomic E-state index is 0.396. The van der Waals surface area contributed by atoms with Gasteiger partial charge >= 0.3 is 5.97 Å². The lowest BCUT2D eigenvalue weighted by Crippen LogP contribution is -2.27. The van der Waals surface area contributed by atoms with Gasteiger partial charge in [0.15, 0.2) is 0 Å². The Hall–Kier alpha value is -1.88. The lowest BCUT2D eigenvalue weighted by Gasteiger charge is -2.21. The maximum absolute atomic E-state index is 12.3. The predicted molar refractivity (Wildman–Crippen MR) is 80.1 cm³/mol. The van der Waals surface area contributed by atoms with E-state index >= 15 is 0 Å². The maximum atomic E-state index is 12.3. The van der Waals surface area contributed by atoms with E-state index in [1.54, 1.807) is 10.9 Å². The van der Waals surface area contributed by atoms with Crippen LogP contribution in [0.2, 0.25) is 0 Å². The first-order valence-corrected chi connectivity index (χ1v) is 6.54. The third-order valence-electron chi connectivity index (χ3n) is 2.57. The molecule has 0 spiro atoms. The van der Waals surface area contributed by atoms with E-state index in [4.69, 9.17) is 4.74 Å². The molecule has 0 aliphatic heterocycles. The number of likely N-dealkylation sites (N-methyl/N-ethyl adjacent to an activating group) is 1. The van der Waals surface area contributed by atoms with E-state index in [2.05, 4.69) is 17.0 Å². The zero-order valence-corrected chi connectivity index (χ0v) is 12.9. The Morgan fingerprint density at radius 1 is 1.55 bits per heavy atom. The molecule has 1 N–H and O–H groups in total. The molecule has 0 amide bonds. The van der Waals surface area contributed by atoms with Crippen LogP contribution in [0.25, 0.3) is 5.70 Å². The molecule has 20 heavy (non-hydrogen) atoms. The molecule has 0 aromatic carbocycles. The molecule has 5 heteroatoms. The van der Waals surface area contributed by atoms with Crippen LogP contribution in [-0.2, 0) is 9.53 Å².